The Morgan fingerprint density at radius 3 is 1.96 bits per heavy atom. The van der Waals surface area contributed by atoms with Gasteiger partial charge in [0.15, 0.2) is 0 Å². The Kier molecular flexibility index (Phi) is 5.07. The van der Waals surface area contributed by atoms with Crippen molar-refractivity contribution in [3.05, 3.63) is 96.1 Å². The van der Waals surface area contributed by atoms with E-state index in [-0.39, 0.29) is 11.9 Å². The van der Waals surface area contributed by atoms with E-state index in [2.05, 4.69) is 29.6 Å². The molecule has 24 heavy (non-hydrogen) atoms. The maximum Gasteiger partial charge on any atom is 0.224 e. The predicted molar refractivity (Wildman–Crippen MR) is 98.6 cm³/mol. The van der Waals surface area contributed by atoms with Gasteiger partial charge < -0.3 is 5.32 Å². The van der Waals surface area contributed by atoms with Crippen LogP contribution in [-0.4, -0.2) is 5.91 Å². The van der Waals surface area contributed by atoms with Crippen molar-refractivity contribution in [3.63, 3.8) is 0 Å². The summed E-state index contributed by atoms with van der Waals surface area (Å²) in [5, 5.41) is 3.05. The Morgan fingerprint density at radius 2 is 1.33 bits per heavy atom. The fourth-order valence-electron chi connectivity index (χ4n) is 2.75. The second-order valence-corrected chi connectivity index (χ2v) is 5.94. The molecule has 1 atom stereocenters. The van der Waals surface area contributed by atoms with Gasteiger partial charge >= 0.3 is 0 Å². The summed E-state index contributed by atoms with van der Waals surface area (Å²) in [6, 6.07) is 28.4. The molecule has 0 saturated heterocycles. The van der Waals surface area contributed by atoms with E-state index in [9.17, 15) is 4.79 Å². The van der Waals surface area contributed by atoms with Gasteiger partial charge in [0.05, 0.1) is 12.5 Å². The number of carbonyl (C=O) groups is 1. The molecule has 0 saturated carbocycles. The fraction of sp³-hybridized carbons (Fsp3) is 0.136. The lowest BCUT2D eigenvalue weighted by Gasteiger charge is -2.14. The van der Waals surface area contributed by atoms with Gasteiger partial charge in [0.2, 0.25) is 5.91 Å². The lowest BCUT2D eigenvalue weighted by Crippen LogP contribution is -2.28. The van der Waals surface area contributed by atoms with Crippen molar-refractivity contribution < 1.29 is 4.79 Å². The van der Waals surface area contributed by atoms with Gasteiger partial charge in [0.1, 0.15) is 0 Å². The Labute approximate surface area is 143 Å². The first-order valence-corrected chi connectivity index (χ1v) is 8.21. The zero-order chi connectivity index (χ0) is 16.8. The minimum absolute atomic E-state index is 0.0160. The molecule has 0 aliphatic rings. The average molecular weight is 315 g/mol. The highest BCUT2D eigenvalue weighted by atomic mass is 16.1. The molecule has 120 valence electrons. The van der Waals surface area contributed by atoms with Crippen molar-refractivity contribution in [2.75, 3.05) is 0 Å². The van der Waals surface area contributed by atoms with Gasteiger partial charge in [-0.15, -0.1) is 0 Å². The maximum absolute atomic E-state index is 12.2. The fourth-order valence-corrected chi connectivity index (χ4v) is 2.75. The molecule has 1 N–H and O–H groups in total. The highest BCUT2D eigenvalue weighted by Crippen LogP contribution is 2.19. The summed E-state index contributed by atoms with van der Waals surface area (Å²) < 4.78 is 0. The van der Waals surface area contributed by atoms with E-state index >= 15 is 0 Å². The standard InChI is InChI=1S/C22H21NO/c1-17(19-8-4-2-5-9-19)23-22(24)16-18-12-14-21(15-13-18)20-10-6-3-7-11-20/h2-15,17H,16H2,1H3,(H,23,24)/t17-/m0/s1. The summed E-state index contributed by atoms with van der Waals surface area (Å²) in [6.07, 6.45) is 0.395. The Balaban J connectivity index is 1.61. The van der Waals surface area contributed by atoms with Crippen LogP contribution in [0, 0.1) is 0 Å². The van der Waals surface area contributed by atoms with Crippen LogP contribution in [0.25, 0.3) is 11.1 Å². The van der Waals surface area contributed by atoms with E-state index in [0.29, 0.717) is 6.42 Å². The third kappa shape index (κ3) is 4.11. The molecule has 2 heteroatoms. The molecule has 0 aliphatic heterocycles. The highest BCUT2D eigenvalue weighted by molar-refractivity contribution is 5.79. The van der Waals surface area contributed by atoms with E-state index in [0.717, 1.165) is 16.7 Å². The Morgan fingerprint density at radius 1 is 0.792 bits per heavy atom. The van der Waals surface area contributed by atoms with Gasteiger partial charge in [0.25, 0.3) is 0 Å². The van der Waals surface area contributed by atoms with E-state index < -0.39 is 0 Å². The zero-order valence-electron chi connectivity index (χ0n) is 13.8. The van der Waals surface area contributed by atoms with Crippen LogP contribution in [0.4, 0.5) is 0 Å². The topological polar surface area (TPSA) is 29.1 Å². The third-order valence-electron chi connectivity index (χ3n) is 4.10. The van der Waals surface area contributed by atoms with Gasteiger partial charge in [-0.3, -0.25) is 4.79 Å². The summed E-state index contributed by atoms with van der Waals surface area (Å²) in [5.74, 6) is 0.0406. The van der Waals surface area contributed by atoms with Crippen molar-refractivity contribution in [2.45, 2.75) is 19.4 Å². The molecule has 0 unspecified atom stereocenters. The summed E-state index contributed by atoms with van der Waals surface area (Å²) in [4.78, 5) is 12.2. The molecule has 0 heterocycles. The van der Waals surface area contributed by atoms with Crippen LogP contribution in [0.3, 0.4) is 0 Å². The van der Waals surface area contributed by atoms with Crippen molar-refractivity contribution >= 4 is 5.91 Å². The molecular weight excluding hydrogens is 294 g/mol. The van der Waals surface area contributed by atoms with E-state index in [1.54, 1.807) is 0 Å². The summed E-state index contributed by atoms with van der Waals surface area (Å²) in [7, 11) is 0. The van der Waals surface area contributed by atoms with Crippen molar-refractivity contribution in [3.8, 4) is 11.1 Å². The molecule has 0 spiro atoms. The lowest BCUT2D eigenvalue weighted by molar-refractivity contribution is -0.121. The van der Waals surface area contributed by atoms with E-state index in [4.69, 9.17) is 0 Å². The van der Waals surface area contributed by atoms with Crippen molar-refractivity contribution in [2.24, 2.45) is 0 Å². The SMILES string of the molecule is C[C@H](NC(=O)Cc1ccc(-c2ccccc2)cc1)c1ccccc1. The minimum Gasteiger partial charge on any atom is -0.349 e. The summed E-state index contributed by atoms with van der Waals surface area (Å²) in [5.41, 5.74) is 4.49. The largest absolute Gasteiger partial charge is 0.349 e. The number of nitrogens with one attached hydrogen (secondary N) is 1. The first-order valence-electron chi connectivity index (χ1n) is 8.21. The number of amides is 1. The van der Waals surface area contributed by atoms with Gasteiger partial charge in [-0.05, 0) is 29.2 Å². The minimum atomic E-state index is 0.0160. The van der Waals surface area contributed by atoms with Crippen LogP contribution in [0.2, 0.25) is 0 Å². The molecule has 1 amide bonds. The molecule has 0 fully saturated rings. The first kappa shape index (κ1) is 16.0. The Hall–Kier alpha value is -2.87. The van der Waals surface area contributed by atoms with Crippen LogP contribution in [0.15, 0.2) is 84.9 Å². The number of hydrogen-bond donors (Lipinski definition) is 1. The van der Waals surface area contributed by atoms with Crippen LogP contribution in [-0.2, 0) is 11.2 Å². The quantitative estimate of drug-likeness (QED) is 0.721. The first-order chi connectivity index (χ1) is 11.7. The Bertz CT molecular complexity index is 779. The van der Waals surface area contributed by atoms with E-state index in [1.807, 2.05) is 67.6 Å². The number of hydrogen-bond acceptors (Lipinski definition) is 1. The average Bonchev–Trinajstić information content (AvgIpc) is 2.64. The van der Waals surface area contributed by atoms with Gasteiger partial charge in [0, 0.05) is 0 Å². The number of rotatable bonds is 5. The van der Waals surface area contributed by atoms with Gasteiger partial charge in [-0.25, -0.2) is 0 Å². The number of benzene rings is 3. The second-order valence-electron chi connectivity index (χ2n) is 5.94. The van der Waals surface area contributed by atoms with Crippen molar-refractivity contribution in [1.29, 1.82) is 0 Å². The molecule has 2 nitrogen and oxygen atoms in total. The zero-order valence-corrected chi connectivity index (χ0v) is 13.8. The molecule has 3 rings (SSSR count). The van der Waals surface area contributed by atoms with Crippen LogP contribution >= 0.6 is 0 Å². The highest BCUT2D eigenvalue weighted by Gasteiger charge is 2.09. The van der Waals surface area contributed by atoms with Gasteiger partial charge in [-0.1, -0.05) is 84.9 Å². The molecule has 0 radical (unpaired) electrons. The van der Waals surface area contributed by atoms with E-state index in [1.165, 1.54) is 5.56 Å². The van der Waals surface area contributed by atoms with Crippen LogP contribution < -0.4 is 5.32 Å². The molecule has 0 aromatic heterocycles. The molecule has 3 aromatic carbocycles. The normalized spacial score (nSPS) is 11.7. The van der Waals surface area contributed by atoms with Crippen LogP contribution in [0.5, 0.6) is 0 Å². The maximum atomic E-state index is 12.2. The summed E-state index contributed by atoms with van der Waals surface area (Å²) >= 11 is 0. The smallest absolute Gasteiger partial charge is 0.224 e. The van der Waals surface area contributed by atoms with Crippen LogP contribution in [0.1, 0.15) is 24.1 Å². The molecule has 0 bridgehead atoms. The van der Waals surface area contributed by atoms with Crippen molar-refractivity contribution in [1.82, 2.24) is 5.32 Å². The summed E-state index contributed by atoms with van der Waals surface area (Å²) in [6.45, 7) is 2.01. The molecular formula is C22H21NO. The van der Waals surface area contributed by atoms with Gasteiger partial charge in [-0.2, -0.15) is 0 Å². The number of carbonyl (C=O) groups excluding carboxylic acids is 1. The monoisotopic (exact) mass is 315 g/mol. The second kappa shape index (κ2) is 7.60. The third-order valence-corrected chi connectivity index (χ3v) is 4.10. The lowest BCUT2D eigenvalue weighted by atomic mass is 10.0. The molecule has 3 aromatic rings. The predicted octanol–water partition coefficient (Wildman–Crippen LogP) is 4.77. The molecule has 0 aliphatic carbocycles.